The summed E-state index contributed by atoms with van der Waals surface area (Å²) in [6.45, 7) is 6.46. The number of carbonyl (C=O) groups is 2. The highest BCUT2D eigenvalue weighted by Gasteiger charge is 2.24. The zero-order valence-electron chi connectivity index (χ0n) is 17.1. The Hall–Kier alpha value is -3.68. The SMILES string of the molecule is CC(=O)Nc1ccc(-n2cnc(C(=O)N3CCN(c4ccccc4C)CC3)c2)nc1. The molecule has 0 unspecified atom stereocenters. The molecular formula is C22H24N6O2. The predicted molar refractivity (Wildman–Crippen MR) is 115 cm³/mol. The summed E-state index contributed by atoms with van der Waals surface area (Å²) in [4.78, 5) is 36.8. The molecule has 30 heavy (non-hydrogen) atoms. The molecule has 3 heterocycles. The van der Waals surface area contributed by atoms with Gasteiger partial charge < -0.3 is 15.1 Å². The van der Waals surface area contributed by atoms with Crippen LogP contribution < -0.4 is 10.2 Å². The number of hydrogen-bond acceptors (Lipinski definition) is 5. The normalized spacial score (nSPS) is 13.9. The van der Waals surface area contributed by atoms with Crippen molar-refractivity contribution in [3.05, 3.63) is 66.4 Å². The molecule has 154 valence electrons. The number of rotatable bonds is 4. The van der Waals surface area contributed by atoms with Crippen molar-refractivity contribution >= 4 is 23.2 Å². The lowest BCUT2D eigenvalue weighted by molar-refractivity contribution is -0.114. The molecule has 1 fully saturated rings. The van der Waals surface area contributed by atoms with Crippen molar-refractivity contribution in [3.8, 4) is 5.82 Å². The molecule has 8 nitrogen and oxygen atoms in total. The molecule has 8 heteroatoms. The summed E-state index contributed by atoms with van der Waals surface area (Å²) in [5, 5.41) is 2.68. The number of imidazole rings is 1. The largest absolute Gasteiger partial charge is 0.368 e. The molecule has 1 saturated heterocycles. The summed E-state index contributed by atoms with van der Waals surface area (Å²) in [7, 11) is 0. The van der Waals surface area contributed by atoms with Gasteiger partial charge in [-0.2, -0.15) is 0 Å². The highest BCUT2D eigenvalue weighted by molar-refractivity contribution is 5.92. The third-order valence-corrected chi connectivity index (χ3v) is 5.16. The van der Waals surface area contributed by atoms with E-state index in [1.165, 1.54) is 18.2 Å². The standard InChI is InChI=1S/C22H24N6O2/c1-16-5-3-4-6-20(16)26-9-11-27(12-10-26)22(30)19-14-28(15-24-19)21-8-7-18(13-23-21)25-17(2)29/h3-8,13-15H,9-12H2,1-2H3,(H,25,29). The predicted octanol–water partition coefficient (Wildman–Crippen LogP) is 2.50. The Labute approximate surface area is 175 Å². The maximum Gasteiger partial charge on any atom is 0.274 e. The van der Waals surface area contributed by atoms with E-state index in [1.807, 2.05) is 17.0 Å². The number of hydrogen-bond donors (Lipinski definition) is 1. The van der Waals surface area contributed by atoms with Crippen molar-refractivity contribution in [3.63, 3.8) is 0 Å². The molecule has 2 amide bonds. The van der Waals surface area contributed by atoms with E-state index >= 15 is 0 Å². The topological polar surface area (TPSA) is 83.4 Å². The number of amides is 2. The molecule has 0 aliphatic carbocycles. The van der Waals surface area contributed by atoms with E-state index in [-0.39, 0.29) is 11.8 Å². The van der Waals surface area contributed by atoms with Crippen LogP contribution in [0.15, 0.2) is 55.1 Å². The second-order valence-electron chi connectivity index (χ2n) is 7.32. The van der Waals surface area contributed by atoms with E-state index in [1.54, 1.807) is 35.4 Å². The number of nitrogens with zero attached hydrogens (tertiary/aromatic N) is 5. The van der Waals surface area contributed by atoms with E-state index in [0.29, 0.717) is 30.3 Å². The zero-order chi connectivity index (χ0) is 21.1. The summed E-state index contributed by atoms with van der Waals surface area (Å²) in [6, 6.07) is 11.8. The van der Waals surface area contributed by atoms with Crippen LogP contribution in [-0.4, -0.2) is 57.4 Å². The van der Waals surface area contributed by atoms with E-state index in [0.717, 1.165) is 13.1 Å². The second-order valence-corrected chi connectivity index (χ2v) is 7.32. The summed E-state index contributed by atoms with van der Waals surface area (Å²) in [5.41, 5.74) is 3.48. The summed E-state index contributed by atoms with van der Waals surface area (Å²) < 4.78 is 1.70. The Balaban J connectivity index is 1.40. The Kier molecular flexibility index (Phi) is 5.47. The Morgan fingerprint density at radius 2 is 1.77 bits per heavy atom. The van der Waals surface area contributed by atoms with Gasteiger partial charge in [0.15, 0.2) is 0 Å². The monoisotopic (exact) mass is 404 g/mol. The van der Waals surface area contributed by atoms with Crippen molar-refractivity contribution in [1.29, 1.82) is 0 Å². The Morgan fingerprint density at radius 3 is 2.43 bits per heavy atom. The molecule has 0 radical (unpaired) electrons. The Bertz CT molecular complexity index is 1050. The smallest absolute Gasteiger partial charge is 0.274 e. The van der Waals surface area contributed by atoms with Crippen LogP contribution in [0.2, 0.25) is 0 Å². The quantitative estimate of drug-likeness (QED) is 0.722. The molecule has 1 aliphatic heterocycles. The number of pyridine rings is 1. The van der Waals surface area contributed by atoms with Crippen LogP contribution in [0.4, 0.5) is 11.4 Å². The van der Waals surface area contributed by atoms with Gasteiger partial charge in [-0.15, -0.1) is 0 Å². The van der Waals surface area contributed by atoms with Gasteiger partial charge in [-0.1, -0.05) is 18.2 Å². The number of aryl methyl sites for hydroxylation is 1. The first kappa shape index (κ1) is 19.6. The molecule has 3 aromatic rings. The first-order valence-corrected chi connectivity index (χ1v) is 9.89. The van der Waals surface area contributed by atoms with Crippen LogP contribution in [0.5, 0.6) is 0 Å². The molecule has 0 bridgehead atoms. The van der Waals surface area contributed by atoms with Gasteiger partial charge in [-0.25, -0.2) is 9.97 Å². The molecule has 1 N–H and O–H groups in total. The molecular weight excluding hydrogens is 380 g/mol. The van der Waals surface area contributed by atoms with Gasteiger partial charge in [-0.05, 0) is 30.7 Å². The highest BCUT2D eigenvalue weighted by Crippen LogP contribution is 2.21. The van der Waals surface area contributed by atoms with E-state index in [2.05, 4.69) is 39.2 Å². The number of aromatic nitrogens is 3. The third-order valence-electron chi connectivity index (χ3n) is 5.16. The van der Waals surface area contributed by atoms with Crippen LogP contribution in [0.1, 0.15) is 23.0 Å². The van der Waals surface area contributed by atoms with Gasteiger partial charge in [0.05, 0.1) is 11.9 Å². The minimum Gasteiger partial charge on any atom is -0.368 e. The van der Waals surface area contributed by atoms with Gasteiger partial charge >= 0.3 is 0 Å². The highest BCUT2D eigenvalue weighted by atomic mass is 16.2. The fourth-order valence-electron chi connectivity index (χ4n) is 3.61. The fourth-order valence-corrected chi connectivity index (χ4v) is 3.61. The number of piperazine rings is 1. The number of para-hydroxylation sites is 1. The van der Waals surface area contributed by atoms with E-state index in [9.17, 15) is 9.59 Å². The van der Waals surface area contributed by atoms with Crippen LogP contribution >= 0.6 is 0 Å². The average molecular weight is 404 g/mol. The number of benzene rings is 1. The molecule has 0 spiro atoms. The van der Waals surface area contributed by atoms with Crippen molar-refractivity contribution < 1.29 is 9.59 Å². The first-order valence-electron chi connectivity index (χ1n) is 9.89. The second kappa shape index (κ2) is 8.36. The molecule has 1 aromatic carbocycles. The zero-order valence-corrected chi connectivity index (χ0v) is 17.1. The van der Waals surface area contributed by atoms with Gasteiger partial charge in [-0.3, -0.25) is 14.2 Å². The number of anilines is 2. The van der Waals surface area contributed by atoms with Crippen LogP contribution in [-0.2, 0) is 4.79 Å². The maximum absolute atomic E-state index is 12.9. The number of carbonyl (C=O) groups excluding carboxylic acids is 2. The van der Waals surface area contributed by atoms with Crippen molar-refractivity contribution in [2.24, 2.45) is 0 Å². The third kappa shape index (κ3) is 4.17. The minimum absolute atomic E-state index is 0.0759. The lowest BCUT2D eigenvalue weighted by atomic mass is 10.1. The minimum atomic E-state index is -0.150. The first-order chi connectivity index (χ1) is 14.5. The van der Waals surface area contributed by atoms with Crippen molar-refractivity contribution in [1.82, 2.24) is 19.4 Å². The molecule has 0 atom stereocenters. The summed E-state index contributed by atoms with van der Waals surface area (Å²) in [6.07, 6.45) is 4.84. The van der Waals surface area contributed by atoms with Crippen LogP contribution in [0, 0.1) is 6.92 Å². The fraction of sp³-hybridized carbons (Fsp3) is 0.273. The van der Waals surface area contributed by atoms with Crippen LogP contribution in [0.3, 0.4) is 0 Å². The van der Waals surface area contributed by atoms with E-state index < -0.39 is 0 Å². The molecule has 1 aliphatic rings. The van der Waals surface area contributed by atoms with E-state index in [4.69, 9.17) is 0 Å². The molecule has 4 rings (SSSR count). The molecule has 0 saturated carbocycles. The van der Waals surface area contributed by atoms with Crippen LogP contribution in [0.25, 0.3) is 5.82 Å². The maximum atomic E-state index is 12.9. The summed E-state index contributed by atoms with van der Waals surface area (Å²) in [5.74, 6) is 0.399. The lowest BCUT2D eigenvalue weighted by Gasteiger charge is -2.36. The van der Waals surface area contributed by atoms with Gasteiger partial charge in [0.25, 0.3) is 5.91 Å². The van der Waals surface area contributed by atoms with Gasteiger partial charge in [0.1, 0.15) is 17.8 Å². The van der Waals surface area contributed by atoms with Gasteiger partial charge in [0, 0.05) is 45.0 Å². The molecule has 2 aromatic heterocycles. The van der Waals surface area contributed by atoms with Crippen molar-refractivity contribution in [2.45, 2.75) is 13.8 Å². The van der Waals surface area contributed by atoms with Crippen molar-refractivity contribution in [2.75, 3.05) is 36.4 Å². The lowest BCUT2D eigenvalue weighted by Crippen LogP contribution is -2.49. The number of nitrogens with one attached hydrogen (secondary N) is 1. The average Bonchev–Trinajstić information content (AvgIpc) is 3.24. The van der Waals surface area contributed by atoms with Gasteiger partial charge in [0.2, 0.25) is 5.91 Å². The summed E-state index contributed by atoms with van der Waals surface area (Å²) >= 11 is 0. The Morgan fingerprint density at radius 1 is 1.00 bits per heavy atom.